The Balaban J connectivity index is 2.02. The lowest BCUT2D eigenvalue weighted by atomic mass is 10.2. The first-order valence-electron chi connectivity index (χ1n) is 5.81. The highest BCUT2D eigenvalue weighted by Crippen LogP contribution is 2.11. The third-order valence-corrected chi connectivity index (χ3v) is 2.45. The number of hydrazone groups is 1. The number of rotatable bonds is 4. The Morgan fingerprint density at radius 2 is 1.70 bits per heavy atom. The van der Waals surface area contributed by atoms with Gasteiger partial charge in [0.1, 0.15) is 0 Å². The van der Waals surface area contributed by atoms with E-state index in [0.29, 0.717) is 6.07 Å². The highest BCUT2D eigenvalue weighted by Gasteiger charge is 2.02. The molecule has 0 fully saturated rings. The number of benzene rings is 1. The van der Waals surface area contributed by atoms with Crippen LogP contribution in [-0.4, -0.2) is 30.3 Å². The van der Waals surface area contributed by atoms with Gasteiger partial charge in [0.05, 0.1) is 6.21 Å². The van der Waals surface area contributed by atoms with Crippen LogP contribution >= 0.6 is 0 Å². The van der Waals surface area contributed by atoms with E-state index >= 15 is 0 Å². The molecule has 0 atom stereocenters. The summed E-state index contributed by atoms with van der Waals surface area (Å²) in [7, 11) is 3.89. The van der Waals surface area contributed by atoms with Gasteiger partial charge in [0.2, 0.25) is 17.8 Å². The number of anilines is 2. The molecule has 7 heteroatoms. The smallest absolute Gasteiger partial charge is 0.248 e. The lowest BCUT2D eigenvalue weighted by Crippen LogP contribution is -2.08. The zero-order chi connectivity index (χ0) is 14.5. The fourth-order valence-electron chi connectivity index (χ4n) is 1.46. The summed E-state index contributed by atoms with van der Waals surface area (Å²) < 4.78 is 25.6. The zero-order valence-electron chi connectivity index (χ0n) is 11.0. The summed E-state index contributed by atoms with van der Waals surface area (Å²) in [5.41, 5.74) is 4.26. The van der Waals surface area contributed by atoms with Gasteiger partial charge < -0.3 is 4.90 Å². The first-order chi connectivity index (χ1) is 9.54. The Bertz CT molecular complexity index is 590. The third-order valence-electron chi connectivity index (χ3n) is 2.45. The van der Waals surface area contributed by atoms with Crippen LogP contribution in [0.25, 0.3) is 0 Å². The van der Waals surface area contributed by atoms with Gasteiger partial charge in [0.25, 0.3) is 0 Å². The standard InChI is InChI=1S/C13H13F2N5/c1-20(2)10-5-3-9(4-6-10)8-16-19-13-17-11(14)7-12(15)18-13/h3-8H,1-2H3,(H,17,18,19)/b16-8-. The molecule has 0 spiro atoms. The van der Waals surface area contributed by atoms with Gasteiger partial charge in [-0.2, -0.15) is 23.9 Å². The Morgan fingerprint density at radius 3 is 2.25 bits per heavy atom. The van der Waals surface area contributed by atoms with Crippen molar-refractivity contribution in [1.82, 2.24) is 9.97 Å². The zero-order valence-corrected chi connectivity index (χ0v) is 11.0. The SMILES string of the molecule is CN(C)c1ccc(/C=N\Nc2nc(F)cc(F)n2)cc1. The number of nitrogens with zero attached hydrogens (tertiary/aromatic N) is 4. The maximum absolute atomic E-state index is 12.8. The number of hydrogen-bond donors (Lipinski definition) is 1. The number of aromatic nitrogens is 2. The van der Waals surface area contributed by atoms with Crippen molar-refractivity contribution in [1.29, 1.82) is 0 Å². The van der Waals surface area contributed by atoms with Crippen LogP contribution in [0.1, 0.15) is 5.56 Å². The lowest BCUT2D eigenvalue weighted by Gasteiger charge is -2.11. The van der Waals surface area contributed by atoms with E-state index < -0.39 is 11.9 Å². The van der Waals surface area contributed by atoms with Crippen LogP contribution in [0.5, 0.6) is 0 Å². The van der Waals surface area contributed by atoms with Crippen LogP contribution in [0.15, 0.2) is 35.4 Å². The van der Waals surface area contributed by atoms with Crippen LogP contribution in [0.4, 0.5) is 20.4 Å². The molecule has 20 heavy (non-hydrogen) atoms. The van der Waals surface area contributed by atoms with Gasteiger partial charge >= 0.3 is 0 Å². The molecule has 5 nitrogen and oxygen atoms in total. The second-order valence-corrected chi connectivity index (χ2v) is 4.19. The summed E-state index contributed by atoms with van der Waals surface area (Å²) in [6, 6.07) is 8.19. The van der Waals surface area contributed by atoms with Crippen LogP contribution in [0.3, 0.4) is 0 Å². The van der Waals surface area contributed by atoms with Crippen LogP contribution in [-0.2, 0) is 0 Å². The van der Waals surface area contributed by atoms with E-state index in [9.17, 15) is 8.78 Å². The average Bonchev–Trinajstić information content (AvgIpc) is 2.38. The Morgan fingerprint density at radius 1 is 1.10 bits per heavy atom. The third kappa shape index (κ3) is 3.71. The Labute approximate surface area is 115 Å². The van der Waals surface area contributed by atoms with Gasteiger partial charge in [-0.3, -0.25) is 0 Å². The van der Waals surface area contributed by atoms with Crippen molar-refractivity contribution in [3.05, 3.63) is 47.8 Å². The van der Waals surface area contributed by atoms with Crippen molar-refractivity contribution in [2.24, 2.45) is 5.10 Å². The van der Waals surface area contributed by atoms with E-state index in [1.165, 1.54) is 6.21 Å². The molecule has 2 rings (SSSR count). The number of hydrogen-bond acceptors (Lipinski definition) is 5. The molecule has 0 amide bonds. The van der Waals surface area contributed by atoms with Crippen LogP contribution in [0.2, 0.25) is 0 Å². The normalized spacial score (nSPS) is 10.8. The van der Waals surface area contributed by atoms with Crippen LogP contribution < -0.4 is 10.3 Å². The molecule has 1 N–H and O–H groups in total. The first-order valence-corrected chi connectivity index (χ1v) is 5.81. The Hall–Kier alpha value is -2.57. The highest BCUT2D eigenvalue weighted by molar-refractivity contribution is 5.80. The Kier molecular flexibility index (Phi) is 4.19. The largest absolute Gasteiger partial charge is 0.378 e. The number of halogens is 2. The molecule has 0 radical (unpaired) electrons. The summed E-state index contributed by atoms with van der Waals surface area (Å²) in [5.74, 6) is -2.14. The second-order valence-electron chi connectivity index (χ2n) is 4.19. The summed E-state index contributed by atoms with van der Waals surface area (Å²) in [4.78, 5) is 8.68. The maximum atomic E-state index is 12.8. The fourth-order valence-corrected chi connectivity index (χ4v) is 1.46. The van der Waals surface area contributed by atoms with Gasteiger partial charge in [-0.1, -0.05) is 12.1 Å². The lowest BCUT2D eigenvalue weighted by molar-refractivity contribution is 0.528. The monoisotopic (exact) mass is 277 g/mol. The van der Waals surface area contributed by atoms with Crippen molar-refractivity contribution in [2.45, 2.75) is 0 Å². The summed E-state index contributed by atoms with van der Waals surface area (Å²) in [6.07, 6.45) is 1.51. The van der Waals surface area contributed by atoms with E-state index in [1.54, 1.807) is 0 Å². The maximum Gasteiger partial charge on any atom is 0.248 e. The van der Waals surface area contributed by atoms with E-state index in [2.05, 4.69) is 20.5 Å². The second kappa shape index (κ2) is 6.05. The van der Waals surface area contributed by atoms with Crippen molar-refractivity contribution in [3.63, 3.8) is 0 Å². The first kappa shape index (κ1) is 13.9. The molecule has 1 heterocycles. The van der Waals surface area contributed by atoms with E-state index in [4.69, 9.17) is 0 Å². The molecule has 0 saturated carbocycles. The molecule has 2 aromatic rings. The van der Waals surface area contributed by atoms with Gasteiger partial charge in [0.15, 0.2) is 0 Å². The molecule has 1 aromatic carbocycles. The van der Waals surface area contributed by atoms with E-state index in [0.717, 1.165) is 11.3 Å². The molecule has 0 aliphatic heterocycles. The molecule has 0 bridgehead atoms. The molecule has 104 valence electrons. The van der Waals surface area contributed by atoms with Crippen molar-refractivity contribution in [2.75, 3.05) is 24.4 Å². The summed E-state index contributed by atoms with van der Waals surface area (Å²) >= 11 is 0. The van der Waals surface area contributed by atoms with Gasteiger partial charge in [-0.05, 0) is 17.7 Å². The minimum absolute atomic E-state index is 0.233. The van der Waals surface area contributed by atoms with Crippen LogP contribution in [0, 0.1) is 11.9 Å². The van der Waals surface area contributed by atoms with E-state index in [1.807, 2.05) is 43.3 Å². The van der Waals surface area contributed by atoms with Gasteiger partial charge in [0, 0.05) is 25.8 Å². The summed E-state index contributed by atoms with van der Waals surface area (Å²) in [5, 5.41) is 3.82. The predicted molar refractivity (Wildman–Crippen MR) is 73.9 cm³/mol. The molecular weight excluding hydrogens is 264 g/mol. The molecular formula is C13H13F2N5. The average molecular weight is 277 g/mol. The molecule has 0 unspecified atom stereocenters. The molecule has 0 aliphatic rings. The highest BCUT2D eigenvalue weighted by atomic mass is 19.1. The molecule has 1 aromatic heterocycles. The van der Waals surface area contributed by atoms with E-state index in [-0.39, 0.29) is 5.95 Å². The van der Waals surface area contributed by atoms with Gasteiger partial charge in [-0.25, -0.2) is 5.43 Å². The molecule has 0 aliphatic carbocycles. The number of nitrogens with one attached hydrogen (secondary N) is 1. The topological polar surface area (TPSA) is 53.4 Å². The molecule has 0 saturated heterocycles. The summed E-state index contributed by atoms with van der Waals surface area (Å²) in [6.45, 7) is 0. The minimum Gasteiger partial charge on any atom is -0.378 e. The minimum atomic E-state index is -0.953. The van der Waals surface area contributed by atoms with Crippen molar-refractivity contribution >= 4 is 17.9 Å². The van der Waals surface area contributed by atoms with Gasteiger partial charge in [-0.15, -0.1) is 0 Å². The fraction of sp³-hybridized carbons (Fsp3) is 0.154. The van der Waals surface area contributed by atoms with Crippen molar-refractivity contribution < 1.29 is 8.78 Å². The predicted octanol–water partition coefficient (Wildman–Crippen LogP) is 2.27. The quantitative estimate of drug-likeness (QED) is 0.529. The van der Waals surface area contributed by atoms with Crippen molar-refractivity contribution in [3.8, 4) is 0 Å².